The van der Waals surface area contributed by atoms with Gasteiger partial charge in [-0.2, -0.15) is 0 Å². The first-order valence-electron chi connectivity index (χ1n) is 6.61. The maximum atomic E-state index is 13.7. The van der Waals surface area contributed by atoms with Crippen LogP contribution in [0.15, 0.2) is 24.3 Å². The molecule has 1 aromatic rings. The Morgan fingerprint density at radius 2 is 1.90 bits per heavy atom. The molecule has 1 aromatic carbocycles. The zero-order chi connectivity index (χ0) is 15.2. The predicted molar refractivity (Wildman–Crippen MR) is 73.9 cm³/mol. The molecule has 0 aliphatic heterocycles. The van der Waals surface area contributed by atoms with Crippen molar-refractivity contribution in [1.82, 2.24) is 5.32 Å². The van der Waals surface area contributed by atoms with E-state index in [4.69, 9.17) is 5.11 Å². The normalized spacial score (nSPS) is 11.2. The maximum absolute atomic E-state index is 13.7. The van der Waals surface area contributed by atoms with E-state index < -0.39 is 17.2 Å². The van der Waals surface area contributed by atoms with Gasteiger partial charge in [-0.15, -0.1) is 0 Å². The lowest BCUT2D eigenvalue weighted by atomic mass is 9.83. The van der Waals surface area contributed by atoms with E-state index in [-0.39, 0.29) is 12.3 Å². The van der Waals surface area contributed by atoms with Gasteiger partial charge >= 0.3 is 5.97 Å². The fraction of sp³-hybridized carbons (Fsp3) is 0.467. The minimum Gasteiger partial charge on any atom is -0.481 e. The number of carbonyl (C=O) groups is 2. The molecular formula is C15H20FNO3. The van der Waals surface area contributed by atoms with Crippen LogP contribution in [0.1, 0.15) is 38.7 Å². The molecular weight excluding hydrogens is 261 g/mol. The minimum atomic E-state index is -0.960. The molecule has 0 aromatic heterocycles. The number of unbranched alkanes of at least 4 members (excludes halogenated alkanes) is 1. The molecule has 0 bridgehead atoms. The van der Waals surface area contributed by atoms with Gasteiger partial charge in [0.05, 0.1) is 5.41 Å². The third-order valence-corrected chi connectivity index (χ3v) is 3.22. The molecule has 0 radical (unpaired) electrons. The number of hydrogen-bond donors (Lipinski definition) is 2. The SMILES string of the molecule is CC(C)(C(=O)NCCCCC(=O)O)c1ccccc1F. The lowest BCUT2D eigenvalue weighted by molar-refractivity contribution is -0.137. The number of carbonyl (C=O) groups excluding carboxylic acids is 1. The molecule has 0 saturated heterocycles. The Kier molecular flexibility index (Phi) is 5.67. The second-order valence-electron chi connectivity index (χ2n) is 5.21. The Bertz CT molecular complexity index is 486. The summed E-state index contributed by atoms with van der Waals surface area (Å²) in [5, 5.41) is 11.2. The van der Waals surface area contributed by atoms with E-state index in [1.54, 1.807) is 32.0 Å². The first kappa shape index (κ1) is 16.1. The highest BCUT2D eigenvalue weighted by molar-refractivity contribution is 5.87. The van der Waals surface area contributed by atoms with Crippen LogP contribution >= 0.6 is 0 Å². The van der Waals surface area contributed by atoms with Crippen LogP contribution in [-0.2, 0) is 15.0 Å². The van der Waals surface area contributed by atoms with Crippen molar-refractivity contribution in [3.63, 3.8) is 0 Å². The summed E-state index contributed by atoms with van der Waals surface area (Å²) < 4.78 is 13.7. The first-order chi connectivity index (χ1) is 9.35. The number of carboxylic acids is 1. The molecule has 0 spiro atoms. The Morgan fingerprint density at radius 3 is 2.50 bits per heavy atom. The zero-order valence-electron chi connectivity index (χ0n) is 11.8. The quantitative estimate of drug-likeness (QED) is 0.754. The average Bonchev–Trinajstić information content (AvgIpc) is 2.38. The lowest BCUT2D eigenvalue weighted by Gasteiger charge is -2.24. The Balaban J connectivity index is 2.53. The van der Waals surface area contributed by atoms with Gasteiger partial charge in [0.15, 0.2) is 0 Å². The monoisotopic (exact) mass is 281 g/mol. The van der Waals surface area contributed by atoms with Crippen LogP contribution in [-0.4, -0.2) is 23.5 Å². The van der Waals surface area contributed by atoms with E-state index in [0.717, 1.165) is 0 Å². The molecule has 0 aliphatic carbocycles. The van der Waals surface area contributed by atoms with Gasteiger partial charge in [-0.3, -0.25) is 9.59 Å². The number of hydrogen-bond acceptors (Lipinski definition) is 2. The van der Waals surface area contributed by atoms with Crippen LogP contribution < -0.4 is 5.32 Å². The Hall–Kier alpha value is -1.91. The highest BCUT2D eigenvalue weighted by Gasteiger charge is 2.31. The molecule has 0 unspecified atom stereocenters. The number of benzene rings is 1. The smallest absolute Gasteiger partial charge is 0.303 e. The van der Waals surface area contributed by atoms with Crippen molar-refractivity contribution in [2.45, 2.75) is 38.5 Å². The van der Waals surface area contributed by atoms with Crippen molar-refractivity contribution in [2.24, 2.45) is 0 Å². The number of amides is 1. The van der Waals surface area contributed by atoms with Crippen LogP contribution in [0.4, 0.5) is 4.39 Å². The van der Waals surface area contributed by atoms with Crippen LogP contribution in [0.3, 0.4) is 0 Å². The molecule has 0 aliphatic rings. The molecule has 0 fully saturated rings. The summed E-state index contributed by atoms with van der Waals surface area (Å²) in [6.45, 7) is 3.72. The van der Waals surface area contributed by atoms with Crippen molar-refractivity contribution in [2.75, 3.05) is 6.54 Å². The summed E-state index contributed by atoms with van der Waals surface area (Å²) in [4.78, 5) is 22.5. The van der Waals surface area contributed by atoms with Crippen molar-refractivity contribution >= 4 is 11.9 Å². The third-order valence-electron chi connectivity index (χ3n) is 3.22. The Morgan fingerprint density at radius 1 is 1.25 bits per heavy atom. The summed E-state index contributed by atoms with van der Waals surface area (Å²) in [6.07, 6.45) is 1.19. The second-order valence-corrected chi connectivity index (χ2v) is 5.21. The number of carboxylic acid groups (broad SMARTS) is 1. The van der Waals surface area contributed by atoms with Crippen molar-refractivity contribution < 1.29 is 19.1 Å². The zero-order valence-corrected chi connectivity index (χ0v) is 11.8. The average molecular weight is 281 g/mol. The van der Waals surface area contributed by atoms with Gasteiger partial charge in [0.1, 0.15) is 5.82 Å². The van der Waals surface area contributed by atoms with Crippen LogP contribution in [0.25, 0.3) is 0 Å². The maximum Gasteiger partial charge on any atom is 0.303 e. The first-order valence-corrected chi connectivity index (χ1v) is 6.61. The molecule has 110 valence electrons. The summed E-state index contributed by atoms with van der Waals surface area (Å²) in [5.41, 5.74) is -0.610. The minimum absolute atomic E-state index is 0.0899. The van der Waals surface area contributed by atoms with Crippen LogP contribution in [0.2, 0.25) is 0 Å². The number of nitrogens with one attached hydrogen (secondary N) is 1. The summed E-state index contributed by atoms with van der Waals surface area (Å²) in [5.74, 6) is -1.51. The molecule has 5 heteroatoms. The summed E-state index contributed by atoms with van der Waals surface area (Å²) >= 11 is 0. The van der Waals surface area contributed by atoms with E-state index >= 15 is 0 Å². The predicted octanol–water partition coefficient (Wildman–Crippen LogP) is 2.47. The molecule has 1 amide bonds. The van der Waals surface area contributed by atoms with E-state index in [0.29, 0.717) is 24.9 Å². The van der Waals surface area contributed by atoms with E-state index in [1.807, 2.05) is 0 Å². The standard InChI is InChI=1S/C15H20FNO3/c1-15(2,11-7-3-4-8-12(11)16)14(20)17-10-6-5-9-13(18)19/h3-4,7-8H,5-6,9-10H2,1-2H3,(H,17,20)(H,18,19). The topological polar surface area (TPSA) is 66.4 Å². The van der Waals surface area contributed by atoms with Gasteiger partial charge in [0, 0.05) is 18.5 Å². The number of halogens is 1. The van der Waals surface area contributed by atoms with Gasteiger partial charge in [0.2, 0.25) is 5.91 Å². The largest absolute Gasteiger partial charge is 0.481 e. The fourth-order valence-corrected chi connectivity index (χ4v) is 1.91. The van der Waals surface area contributed by atoms with Gasteiger partial charge < -0.3 is 10.4 Å². The van der Waals surface area contributed by atoms with Crippen LogP contribution in [0, 0.1) is 5.82 Å². The number of rotatable bonds is 7. The van der Waals surface area contributed by atoms with Crippen molar-refractivity contribution in [3.05, 3.63) is 35.6 Å². The van der Waals surface area contributed by atoms with Gasteiger partial charge in [-0.1, -0.05) is 18.2 Å². The fourth-order valence-electron chi connectivity index (χ4n) is 1.91. The highest BCUT2D eigenvalue weighted by atomic mass is 19.1. The molecule has 4 nitrogen and oxygen atoms in total. The van der Waals surface area contributed by atoms with Gasteiger partial charge in [-0.25, -0.2) is 4.39 Å². The van der Waals surface area contributed by atoms with Crippen molar-refractivity contribution in [1.29, 1.82) is 0 Å². The molecule has 0 atom stereocenters. The Labute approximate surface area is 118 Å². The third kappa shape index (κ3) is 4.33. The molecule has 0 saturated carbocycles. The van der Waals surface area contributed by atoms with E-state index in [9.17, 15) is 14.0 Å². The number of aliphatic carboxylic acids is 1. The van der Waals surface area contributed by atoms with E-state index in [1.165, 1.54) is 6.07 Å². The van der Waals surface area contributed by atoms with Crippen molar-refractivity contribution in [3.8, 4) is 0 Å². The van der Waals surface area contributed by atoms with E-state index in [2.05, 4.69) is 5.32 Å². The summed E-state index contributed by atoms with van der Waals surface area (Å²) in [6, 6.07) is 6.20. The lowest BCUT2D eigenvalue weighted by Crippen LogP contribution is -2.41. The molecule has 1 rings (SSSR count). The second kappa shape index (κ2) is 7.03. The summed E-state index contributed by atoms with van der Waals surface area (Å²) in [7, 11) is 0. The molecule has 0 heterocycles. The van der Waals surface area contributed by atoms with Crippen LogP contribution in [0.5, 0.6) is 0 Å². The van der Waals surface area contributed by atoms with Gasteiger partial charge in [-0.05, 0) is 32.8 Å². The van der Waals surface area contributed by atoms with Gasteiger partial charge in [0.25, 0.3) is 0 Å². The molecule has 20 heavy (non-hydrogen) atoms. The highest BCUT2D eigenvalue weighted by Crippen LogP contribution is 2.25. The molecule has 2 N–H and O–H groups in total.